The first-order chi connectivity index (χ1) is 11.5. The Bertz CT molecular complexity index is 1120. The van der Waals surface area contributed by atoms with Crippen molar-refractivity contribution in [1.82, 2.24) is 15.5 Å². The average Bonchev–Trinajstić information content (AvgIpc) is 3.13. The molecule has 0 saturated carbocycles. The van der Waals surface area contributed by atoms with Gasteiger partial charge in [0, 0.05) is 5.39 Å². The minimum atomic E-state index is -3.93. The summed E-state index contributed by atoms with van der Waals surface area (Å²) in [6.45, 7) is 0. The van der Waals surface area contributed by atoms with Gasteiger partial charge in [-0.15, -0.1) is 0 Å². The van der Waals surface area contributed by atoms with Gasteiger partial charge in [0.25, 0.3) is 21.8 Å². The lowest BCUT2D eigenvalue weighted by Gasteiger charge is -2.09. The maximum atomic E-state index is 12.6. The van der Waals surface area contributed by atoms with Crippen molar-refractivity contribution in [2.24, 2.45) is 0 Å². The highest BCUT2D eigenvalue weighted by atomic mass is 32.2. The fourth-order valence-electron chi connectivity index (χ4n) is 2.57. The molecule has 0 atom stereocenters. The number of hydrogen-bond acceptors (Lipinski definition) is 5. The Morgan fingerprint density at radius 2 is 1.79 bits per heavy atom. The number of carbonyl (C=O) groups excluding carboxylic acids is 2. The maximum Gasteiger partial charge on any atom is 0.261 e. The van der Waals surface area contributed by atoms with Crippen LogP contribution in [0.2, 0.25) is 0 Å². The van der Waals surface area contributed by atoms with E-state index < -0.39 is 21.8 Å². The van der Waals surface area contributed by atoms with Crippen molar-refractivity contribution in [3.63, 3.8) is 0 Å². The Hall–Kier alpha value is -3.20. The van der Waals surface area contributed by atoms with Gasteiger partial charge in [0.15, 0.2) is 0 Å². The van der Waals surface area contributed by atoms with E-state index in [0.29, 0.717) is 16.6 Å². The van der Waals surface area contributed by atoms with Crippen LogP contribution in [0.3, 0.4) is 0 Å². The highest BCUT2D eigenvalue weighted by molar-refractivity contribution is 7.92. The summed E-state index contributed by atoms with van der Waals surface area (Å²) in [6, 6.07) is 8.86. The summed E-state index contributed by atoms with van der Waals surface area (Å²) in [5, 5.41) is 9.38. The van der Waals surface area contributed by atoms with E-state index in [0.717, 1.165) is 0 Å². The van der Waals surface area contributed by atoms with Gasteiger partial charge in [-0.3, -0.25) is 24.7 Å². The molecule has 0 aliphatic carbocycles. The predicted molar refractivity (Wildman–Crippen MR) is 85.1 cm³/mol. The molecule has 2 aromatic carbocycles. The molecule has 1 aromatic heterocycles. The Balaban J connectivity index is 1.76. The lowest BCUT2D eigenvalue weighted by atomic mass is 10.1. The number of aromatic amines is 1. The molecule has 1 aliphatic rings. The first-order valence-electron chi connectivity index (χ1n) is 6.90. The van der Waals surface area contributed by atoms with Crippen molar-refractivity contribution in [3.8, 4) is 0 Å². The van der Waals surface area contributed by atoms with Crippen LogP contribution in [-0.2, 0) is 10.0 Å². The van der Waals surface area contributed by atoms with Gasteiger partial charge in [-0.1, -0.05) is 6.07 Å². The molecule has 0 spiro atoms. The number of hydrogen-bond donors (Lipinski definition) is 3. The zero-order valence-corrected chi connectivity index (χ0v) is 12.8. The fraction of sp³-hybridized carbons (Fsp3) is 0. The first kappa shape index (κ1) is 14.4. The Labute approximate surface area is 135 Å². The Morgan fingerprint density at radius 3 is 2.62 bits per heavy atom. The van der Waals surface area contributed by atoms with Crippen molar-refractivity contribution in [2.45, 2.75) is 4.90 Å². The number of fused-ring (bicyclic) bond motifs is 2. The zero-order valence-electron chi connectivity index (χ0n) is 12.0. The third-order valence-corrected chi connectivity index (χ3v) is 5.11. The average molecular weight is 342 g/mol. The lowest BCUT2D eigenvalue weighted by Crippen LogP contribution is -2.19. The number of amides is 2. The quantitative estimate of drug-likeness (QED) is 0.619. The molecule has 2 amide bonds. The van der Waals surface area contributed by atoms with E-state index in [2.05, 4.69) is 20.2 Å². The second-order valence-electron chi connectivity index (χ2n) is 5.23. The summed E-state index contributed by atoms with van der Waals surface area (Å²) >= 11 is 0. The van der Waals surface area contributed by atoms with Crippen LogP contribution in [0.1, 0.15) is 20.7 Å². The van der Waals surface area contributed by atoms with Crippen LogP contribution in [-0.4, -0.2) is 30.4 Å². The number of nitrogens with zero attached hydrogens (tertiary/aromatic N) is 1. The number of carbonyl (C=O) groups is 2. The summed E-state index contributed by atoms with van der Waals surface area (Å²) in [4.78, 5) is 23.1. The maximum absolute atomic E-state index is 12.6. The molecule has 1 aliphatic heterocycles. The molecule has 2 heterocycles. The summed E-state index contributed by atoms with van der Waals surface area (Å²) in [6.07, 6.45) is 1.52. The minimum Gasteiger partial charge on any atom is -0.288 e. The standard InChI is InChI=1S/C15H10N4O4S/c20-14-9-5-4-8(6-10(9)15(21)17-14)24(22,23)19-13-3-1-2-12-11(13)7-16-18-12/h1-7,19H,(H,16,18)(H,17,20,21). The molecule has 24 heavy (non-hydrogen) atoms. The first-order valence-corrected chi connectivity index (χ1v) is 8.39. The van der Waals surface area contributed by atoms with E-state index >= 15 is 0 Å². The number of anilines is 1. The Kier molecular flexibility index (Phi) is 2.94. The van der Waals surface area contributed by atoms with Gasteiger partial charge < -0.3 is 0 Å². The minimum absolute atomic E-state index is 0.0457. The van der Waals surface area contributed by atoms with E-state index in [9.17, 15) is 18.0 Å². The van der Waals surface area contributed by atoms with Crippen molar-refractivity contribution >= 4 is 38.4 Å². The monoisotopic (exact) mass is 342 g/mol. The molecular weight excluding hydrogens is 332 g/mol. The lowest BCUT2D eigenvalue weighted by molar-refractivity contribution is 0.0879. The van der Waals surface area contributed by atoms with E-state index in [1.54, 1.807) is 18.2 Å². The smallest absolute Gasteiger partial charge is 0.261 e. The molecule has 3 aromatic rings. The predicted octanol–water partition coefficient (Wildman–Crippen LogP) is 1.25. The van der Waals surface area contributed by atoms with Gasteiger partial charge in [-0.2, -0.15) is 5.10 Å². The number of rotatable bonds is 3. The second kappa shape index (κ2) is 4.90. The molecule has 0 unspecified atom stereocenters. The summed E-state index contributed by atoms with van der Waals surface area (Å²) < 4.78 is 27.7. The van der Waals surface area contributed by atoms with E-state index in [1.165, 1.54) is 24.4 Å². The van der Waals surface area contributed by atoms with Crippen LogP contribution in [0.15, 0.2) is 47.5 Å². The largest absolute Gasteiger partial charge is 0.288 e. The van der Waals surface area contributed by atoms with Crippen LogP contribution in [0, 0.1) is 0 Å². The molecule has 0 fully saturated rings. The van der Waals surface area contributed by atoms with Gasteiger partial charge in [0.2, 0.25) is 0 Å². The van der Waals surface area contributed by atoms with Crippen molar-refractivity contribution in [2.75, 3.05) is 4.72 Å². The zero-order chi connectivity index (χ0) is 16.9. The molecule has 4 rings (SSSR count). The van der Waals surface area contributed by atoms with Crippen LogP contribution >= 0.6 is 0 Å². The van der Waals surface area contributed by atoms with Crippen LogP contribution in [0.25, 0.3) is 10.9 Å². The summed E-state index contributed by atoms with van der Waals surface area (Å²) in [5.41, 5.74) is 1.26. The molecule has 0 radical (unpaired) electrons. The molecule has 3 N–H and O–H groups in total. The molecule has 0 bridgehead atoms. The van der Waals surface area contributed by atoms with Crippen LogP contribution in [0.4, 0.5) is 5.69 Å². The topological polar surface area (TPSA) is 121 Å². The second-order valence-corrected chi connectivity index (χ2v) is 6.92. The van der Waals surface area contributed by atoms with E-state index in [1.807, 2.05) is 0 Å². The van der Waals surface area contributed by atoms with Gasteiger partial charge in [-0.05, 0) is 30.3 Å². The fourth-order valence-corrected chi connectivity index (χ4v) is 3.68. The molecule has 8 nitrogen and oxygen atoms in total. The van der Waals surface area contributed by atoms with Gasteiger partial charge in [0.1, 0.15) is 0 Å². The third-order valence-electron chi connectivity index (χ3n) is 3.75. The van der Waals surface area contributed by atoms with Gasteiger partial charge in [0.05, 0.1) is 33.4 Å². The summed E-state index contributed by atoms with van der Waals surface area (Å²) in [5.74, 6) is -1.14. The van der Waals surface area contributed by atoms with Crippen LogP contribution < -0.4 is 10.0 Å². The summed E-state index contributed by atoms with van der Waals surface area (Å²) in [7, 11) is -3.93. The van der Waals surface area contributed by atoms with Gasteiger partial charge in [-0.25, -0.2) is 8.42 Å². The Morgan fingerprint density at radius 1 is 1.00 bits per heavy atom. The van der Waals surface area contributed by atoms with E-state index in [-0.39, 0.29) is 16.0 Å². The molecule has 120 valence electrons. The number of benzene rings is 2. The van der Waals surface area contributed by atoms with Crippen molar-refractivity contribution in [1.29, 1.82) is 0 Å². The molecule has 9 heteroatoms. The molecule has 0 saturated heterocycles. The van der Waals surface area contributed by atoms with Crippen molar-refractivity contribution in [3.05, 3.63) is 53.7 Å². The third kappa shape index (κ3) is 2.14. The van der Waals surface area contributed by atoms with Crippen molar-refractivity contribution < 1.29 is 18.0 Å². The highest BCUT2D eigenvalue weighted by Gasteiger charge is 2.28. The normalized spacial score (nSPS) is 13.8. The number of H-pyrrole nitrogens is 1. The van der Waals surface area contributed by atoms with Gasteiger partial charge >= 0.3 is 0 Å². The number of aromatic nitrogens is 2. The highest BCUT2D eigenvalue weighted by Crippen LogP contribution is 2.26. The number of nitrogens with one attached hydrogen (secondary N) is 3. The number of sulfonamides is 1. The SMILES string of the molecule is O=C1NC(=O)c2cc(S(=O)(=O)Nc3cccc4[nH]ncc34)ccc21. The molecular formula is C15H10N4O4S. The number of imide groups is 1. The van der Waals surface area contributed by atoms with E-state index in [4.69, 9.17) is 0 Å². The van der Waals surface area contributed by atoms with Crippen LogP contribution in [0.5, 0.6) is 0 Å².